The van der Waals surface area contributed by atoms with Gasteiger partial charge in [-0.05, 0) is 29.6 Å². The van der Waals surface area contributed by atoms with Gasteiger partial charge in [0, 0.05) is 32.8 Å². The minimum Gasteiger partial charge on any atom is -0.456 e. The van der Waals surface area contributed by atoms with Crippen LogP contribution in [0.3, 0.4) is 0 Å². The van der Waals surface area contributed by atoms with Crippen molar-refractivity contribution in [3.05, 3.63) is 75.9 Å². The predicted molar refractivity (Wildman–Crippen MR) is 125 cm³/mol. The van der Waals surface area contributed by atoms with Gasteiger partial charge in [-0.3, -0.25) is 9.59 Å². The van der Waals surface area contributed by atoms with Crippen molar-refractivity contribution < 1.29 is 14.0 Å². The molecule has 6 nitrogen and oxygen atoms in total. The molecule has 0 saturated heterocycles. The lowest BCUT2D eigenvalue weighted by molar-refractivity contribution is -0.116. The second-order valence-electron chi connectivity index (χ2n) is 6.98. The second kappa shape index (κ2) is 8.33. The third-order valence-electron chi connectivity index (χ3n) is 4.72. The Morgan fingerprint density at radius 3 is 2.58 bits per heavy atom. The van der Waals surface area contributed by atoms with Crippen LogP contribution in [-0.4, -0.2) is 16.8 Å². The lowest BCUT2D eigenvalue weighted by atomic mass is 10.1. The maximum Gasteiger partial charge on any atom is 0.231 e. The third-order valence-corrected chi connectivity index (χ3v) is 6.40. The minimum absolute atomic E-state index is 0.119. The van der Waals surface area contributed by atoms with E-state index in [1.54, 1.807) is 16.7 Å². The maximum absolute atomic E-state index is 12.5. The summed E-state index contributed by atoms with van der Waals surface area (Å²) in [4.78, 5) is 29.9. The van der Waals surface area contributed by atoms with Gasteiger partial charge in [0.2, 0.25) is 11.8 Å². The Bertz CT molecular complexity index is 1390. The standard InChI is InChI=1S/C23H17N3O3S2/c27-21(11-15-13-31-23(25-15)26-22(28)12-16-4-3-9-30-16)24-14-7-8-18-17-5-1-2-6-19(17)29-20(18)10-14/h1-10,13H,11-12H2,(H,24,27)(H,25,26,28). The molecule has 0 unspecified atom stereocenters. The summed E-state index contributed by atoms with van der Waals surface area (Å²) in [6, 6.07) is 17.3. The fourth-order valence-corrected chi connectivity index (χ4v) is 4.78. The van der Waals surface area contributed by atoms with Crippen LogP contribution in [0, 0.1) is 0 Å². The molecule has 0 aliphatic heterocycles. The molecule has 2 aromatic carbocycles. The Morgan fingerprint density at radius 2 is 1.71 bits per heavy atom. The number of thiazole rings is 1. The highest BCUT2D eigenvalue weighted by Crippen LogP contribution is 2.30. The molecule has 0 saturated carbocycles. The van der Waals surface area contributed by atoms with E-state index >= 15 is 0 Å². The highest BCUT2D eigenvalue weighted by Gasteiger charge is 2.12. The van der Waals surface area contributed by atoms with Crippen LogP contribution >= 0.6 is 22.7 Å². The summed E-state index contributed by atoms with van der Waals surface area (Å²) < 4.78 is 5.87. The molecule has 0 spiro atoms. The number of benzene rings is 2. The van der Waals surface area contributed by atoms with Gasteiger partial charge in [-0.2, -0.15) is 0 Å². The smallest absolute Gasteiger partial charge is 0.231 e. The number of aromatic nitrogens is 1. The van der Waals surface area contributed by atoms with Crippen LogP contribution in [0.2, 0.25) is 0 Å². The van der Waals surface area contributed by atoms with E-state index in [0.29, 0.717) is 22.9 Å². The molecule has 0 fully saturated rings. The van der Waals surface area contributed by atoms with E-state index in [-0.39, 0.29) is 18.2 Å². The van der Waals surface area contributed by atoms with Crippen molar-refractivity contribution in [3.8, 4) is 0 Å². The Morgan fingerprint density at radius 1 is 0.871 bits per heavy atom. The summed E-state index contributed by atoms with van der Waals surface area (Å²) in [5.74, 6) is -0.302. The Labute approximate surface area is 185 Å². The van der Waals surface area contributed by atoms with Crippen molar-refractivity contribution in [2.45, 2.75) is 12.8 Å². The average Bonchev–Trinajstić information content (AvgIpc) is 3.48. The zero-order valence-corrected chi connectivity index (χ0v) is 17.9. The predicted octanol–water partition coefficient (Wildman–Crippen LogP) is 5.47. The number of nitrogens with one attached hydrogen (secondary N) is 2. The molecule has 3 heterocycles. The van der Waals surface area contributed by atoms with E-state index in [1.165, 1.54) is 11.3 Å². The normalized spacial score (nSPS) is 11.1. The SMILES string of the molecule is O=C(Cc1csc(NC(=O)Cc2cccs2)n1)Nc1ccc2c(c1)oc1ccccc12. The van der Waals surface area contributed by atoms with Gasteiger partial charge in [0.25, 0.3) is 0 Å². The number of amides is 2. The van der Waals surface area contributed by atoms with Crippen LogP contribution in [0.15, 0.2) is 69.8 Å². The molecule has 2 amide bonds. The molecule has 0 aliphatic rings. The number of nitrogens with zero attached hydrogens (tertiary/aromatic N) is 1. The number of rotatable bonds is 6. The monoisotopic (exact) mass is 447 g/mol. The van der Waals surface area contributed by atoms with Gasteiger partial charge in [0.15, 0.2) is 5.13 Å². The summed E-state index contributed by atoms with van der Waals surface area (Å²) in [5, 5.41) is 11.9. The van der Waals surface area contributed by atoms with Crippen molar-refractivity contribution in [1.29, 1.82) is 0 Å². The number of carbonyl (C=O) groups is 2. The second-order valence-corrected chi connectivity index (χ2v) is 8.87. The fourth-order valence-electron chi connectivity index (χ4n) is 3.35. The average molecular weight is 448 g/mol. The van der Waals surface area contributed by atoms with Crippen LogP contribution in [-0.2, 0) is 22.4 Å². The first-order valence-corrected chi connectivity index (χ1v) is 11.4. The van der Waals surface area contributed by atoms with Crippen LogP contribution in [0.4, 0.5) is 10.8 Å². The van der Waals surface area contributed by atoms with E-state index in [0.717, 1.165) is 26.8 Å². The van der Waals surface area contributed by atoms with E-state index in [4.69, 9.17) is 4.42 Å². The molecule has 0 aliphatic carbocycles. The molecule has 0 radical (unpaired) electrons. The summed E-state index contributed by atoms with van der Waals surface area (Å²) in [7, 11) is 0. The van der Waals surface area contributed by atoms with Gasteiger partial charge in [-0.1, -0.05) is 24.3 Å². The van der Waals surface area contributed by atoms with Crippen molar-refractivity contribution >= 4 is 67.2 Å². The number of anilines is 2. The van der Waals surface area contributed by atoms with Gasteiger partial charge in [0.1, 0.15) is 11.2 Å². The first-order chi connectivity index (χ1) is 15.1. The fraction of sp³-hybridized carbons (Fsp3) is 0.0870. The highest BCUT2D eigenvalue weighted by molar-refractivity contribution is 7.14. The van der Waals surface area contributed by atoms with Crippen LogP contribution < -0.4 is 10.6 Å². The molecule has 31 heavy (non-hydrogen) atoms. The van der Waals surface area contributed by atoms with E-state index in [2.05, 4.69) is 15.6 Å². The Kier molecular flexibility index (Phi) is 5.23. The van der Waals surface area contributed by atoms with Crippen molar-refractivity contribution in [1.82, 2.24) is 4.98 Å². The lowest BCUT2D eigenvalue weighted by Gasteiger charge is -2.04. The molecule has 5 aromatic rings. The van der Waals surface area contributed by atoms with E-state index in [1.807, 2.05) is 60.0 Å². The molecule has 154 valence electrons. The number of hydrogen-bond acceptors (Lipinski definition) is 6. The summed E-state index contributed by atoms with van der Waals surface area (Å²) in [6.45, 7) is 0. The lowest BCUT2D eigenvalue weighted by Crippen LogP contribution is -2.15. The third kappa shape index (κ3) is 4.35. The first-order valence-electron chi connectivity index (χ1n) is 9.62. The number of para-hydroxylation sites is 1. The van der Waals surface area contributed by atoms with Gasteiger partial charge in [-0.25, -0.2) is 4.98 Å². The van der Waals surface area contributed by atoms with Crippen LogP contribution in [0.25, 0.3) is 21.9 Å². The van der Waals surface area contributed by atoms with Crippen molar-refractivity contribution in [3.63, 3.8) is 0 Å². The summed E-state index contributed by atoms with van der Waals surface area (Å²) >= 11 is 2.85. The van der Waals surface area contributed by atoms with Crippen LogP contribution in [0.1, 0.15) is 10.6 Å². The van der Waals surface area contributed by atoms with E-state index < -0.39 is 0 Å². The molecule has 0 atom stereocenters. The van der Waals surface area contributed by atoms with Crippen molar-refractivity contribution in [2.75, 3.05) is 10.6 Å². The van der Waals surface area contributed by atoms with Crippen LogP contribution in [0.5, 0.6) is 0 Å². The molecule has 2 N–H and O–H groups in total. The van der Waals surface area contributed by atoms with Gasteiger partial charge >= 0.3 is 0 Å². The molecular weight excluding hydrogens is 430 g/mol. The van der Waals surface area contributed by atoms with E-state index in [9.17, 15) is 9.59 Å². The van der Waals surface area contributed by atoms with Gasteiger partial charge in [0.05, 0.1) is 18.5 Å². The first kappa shape index (κ1) is 19.5. The largest absolute Gasteiger partial charge is 0.456 e. The summed E-state index contributed by atoms with van der Waals surface area (Å²) in [5.41, 5.74) is 2.82. The number of thiophene rings is 1. The highest BCUT2D eigenvalue weighted by atomic mass is 32.1. The number of furan rings is 1. The summed E-state index contributed by atoms with van der Waals surface area (Å²) in [6.07, 6.45) is 0.437. The van der Waals surface area contributed by atoms with Crippen molar-refractivity contribution in [2.24, 2.45) is 0 Å². The Hall–Kier alpha value is -3.49. The zero-order chi connectivity index (χ0) is 21.2. The van der Waals surface area contributed by atoms with Gasteiger partial charge < -0.3 is 15.1 Å². The molecular formula is C23H17N3O3S2. The number of carbonyl (C=O) groups excluding carboxylic acids is 2. The molecule has 3 aromatic heterocycles. The topological polar surface area (TPSA) is 84.2 Å². The maximum atomic E-state index is 12.5. The number of hydrogen-bond donors (Lipinski definition) is 2. The minimum atomic E-state index is -0.183. The zero-order valence-electron chi connectivity index (χ0n) is 16.3. The Balaban J connectivity index is 1.21. The van der Waals surface area contributed by atoms with Gasteiger partial charge in [-0.15, -0.1) is 22.7 Å². The molecule has 0 bridgehead atoms. The molecule has 5 rings (SSSR count). The quantitative estimate of drug-likeness (QED) is 0.362. The number of fused-ring (bicyclic) bond motifs is 3. The molecule has 8 heteroatoms.